The summed E-state index contributed by atoms with van der Waals surface area (Å²) in [6.07, 6.45) is 2.98. The molecule has 6 rings (SSSR count). The molecule has 6 aromatic rings. The Morgan fingerprint density at radius 3 is 1.76 bits per heavy atom. The van der Waals surface area contributed by atoms with Crippen LogP contribution >= 0.6 is 57.7 Å². The molecule has 0 aliphatic heterocycles. The zero-order chi connectivity index (χ0) is 35.3. The van der Waals surface area contributed by atoms with Crippen LogP contribution in [0.2, 0.25) is 20.1 Å². The molecule has 0 aliphatic rings. The van der Waals surface area contributed by atoms with Gasteiger partial charge in [-0.1, -0.05) is 76.7 Å². The van der Waals surface area contributed by atoms with Crippen molar-refractivity contribution in [3.05, 3.63) is 164 Å². The van der Waals surface area contributed by atoms with Gasteiger partial charge in [0, 0.05) is 45.0 Å². The Morgan fingerprint density at radius 2 is 1.22 bits per heavy atom. The monoisotopic (exact) mass is 766 g/mol. The van der Waals surface area contributed by atoms with Crippen molar-refractivity contribution >= 4 is 80.5 Å². The molecule has 0 radical (unpaired) electrons. The zero-order valence-corrected chi connectivity index (χ0v) is 29.3. The lowest BCUT2D eigenvalue weighted by Crippen LogP contribution is -2.67. The molecule has 0 saturated heterocycles. The molecule has 0 bridgehead atoms. The standard InChI is InChI=1S/C36H23Cl4FN4O4S/c37-24-8-4-22(5-9-24)35(32(46)44-31-3-1-2-18-42-31,49-28-16-17-29(39)30(40)21-28)36(23-6-10-25(38)11-7-23,33(47)45-34-43-19-20-50-34)48-27-14-12-26(41)13-15-27/h1-21H,(H,42,44,46)(H,43,45,47). The van der Waals surface area contributed by atoms with Gasteiger partial charge in [-0.05, 0) is 72.8 Å². The molecule has 4 aromatic carbocycles. The van der Waals surface area contributed by atoms with Crippen LogP contribution in [0.1, 0.15) is 11.1 Å². The molecule has 2 amide bonds. The average Bonchev–Trinajstić information content (AvgIpc) is 3.63. The molecule has 14 heteroatoms. The number of pyridine rings is 1. The van der Waals surface area contributed by atoms with Gasteiger partial charge >= 0.3 is 0 Å². The van der Waals surface area contributed by atoms with E-state index >= 15 is 9.59 Å². The van der Waals surface area contributed by atoms with Crippen LogP contribution in [-0.2, 0) is 20.8 Å². The number of hydrogen-bond acceptors (Lipinski definition) is 7. The summed E-state index contributed by atoms with van der Waals surface area (Å²) in [5.41, 5.74) is -4.85. The number of aromatic nitrogens is 2. The maximum atomic E-state index is 15.4. The minimum atomic E-state index is -2.53. The highest BCUT2D eigenvalue weighted by molar-refractivity contribution is 7.13. The minimum absolute atomic E-state index is 0.00245. The highest BCUT2D eigenvalue weighted by Gasteiger charge is 2.68. The number of thiazole rings is 1. The fraction of sp³-hybridized carbons (Fsp3) is 0.0556. The molecule has 2 atom stereocenters. The van der Waals surface area contributed by atoms with E-state index in [-0.39, 0.29) is 43.6 Å². The molecule has 0 saturated carbocycles. The molecule has 2 unspecified atom stereocenters. The van der Waals surface area contributed by atoms with Gasteiger partial charge in [0.05, 0.1) is 10.0 Å². The number of hydrogen-bond donors (Lipinski definition) is 2. The van der Waals surface area contributed by atoms with E-state index in [1.165, 1.54) is 91.3 Å². The number of nitrogens with one attached hydrogen (secondary N) is 2. The second-order valence-corrected chi connectivity index (χ2v) is 13.2. The third kappa shape index (κ3) is 7.12. The van der Waals surface area contributed by atoms with Crippen LogP contribution in [-0.4, -0.2) is 21.8 Å². The van der Waals surface area contributed by atoms with E-state index in [4.69, 9.17) is 55.9 Å². The molecule has 50 heavy (non-hydrogen) atoms. The number of ether oxygens (including phenoxy) is 2. The van der Waals surface area contributed by atoms with E-state index in [1.54, 1.807) is 23.6 Å². The van der Waals surface area contributed by atoms with Gasteiger partial charge in [0.15, 0.2) is 5.13 Å². The molecule has 0 spiro atoms. The van der Waals surface area contributed by atoms with Crippen molar-refractivity contribution in [3.8, 4) is 11.5 Å². The first-order valence-corrected chi connectivity index (χ1v) is 17.0. The molecule has 0 aliphatic carbocycles. The van der Waals surface area contributed by atoms with Crippen LogP contribution in [0.4, 0.5) is 15.3 Å². The second-order valence-electron chi connectivity index (χ2n) is 10.6. The Bertz CT molecular complexity index is 2110. The SMILES string of the molecule is O=C(Nc1ccccn1)C(Oc1ccc(Cl)c(Cl)c1)(c1ccc(Cl)cc1)C(Oc1ccc(F)cc1)(C(=O)Nc1nccs1)c1ccc(Cl)cc1. The topological polar surface area (TPSA) is 102 Å². The van der Waals surface area contributed by atoms with Gasteiger partial charge in [-0.15, -0.1) is 11.3 Å². The lowest BCUT2D eigenvalue weighted by Gasteiger charge is -2.47. The Kier molecular flexibility index (Phi) is 10.6. The second kappa shape index (κ2) is 15.0. The van der Waals surface area contributed by atoms with Crippen molar-refractivity contribution in [2.75, 3.05) is 10.6 Å². The van der Waals surface area contributed by atoms with Gasteiger partial charge in [0.1, 0.15) is 23.1 Å². The zero-order valence-electron chi connectivity index (χ0n) is 25.4. The van der Waals surface area contributed by atoms with Crippen LogP contribution in [0.3, 0.4) is 0 Å². The van der Waals surface area contributed by atoms with Crippen LogP contribution in [0.5, 0.6) is 11.5 Å². The Morgan fingerprint density at radius 1 is 0.640 bits per heavy atom. The average molecular weight is 768 g/mol. The van der Waals surface area contributed by atoms with E-state index in [1.807, 2.05) is 0 Å². The fourth-order valence-corrected chi connectivity index (χ4v) is 6.28. The summed E-state index contributed by atoms with van der Waals surface area (Å²) in [5, 5.41) is 8.42. The van der Waals surface area contributed by atoms with Crippen molar-refractivity contribution in [1.82, 2.24) is 9.97 Å². The summed E-state index contributed by atoms with van der Waals surface area (Å²) in [7, 11) is 0. The van der Waals surface area contributed by atoms with Gasteiger partial charge in [-0.3, -0.25) is 14.9 Å². The fourth-order valence-electron chi connectivity index (χ4n) is 5.22. The number of anilines is 2. The predicted octanol–water partition coefficient (Wildman–Crippen LogP) is 9.82. The molecule has 2 aromatic heterocycles. The van der Waals surface area contributed by atoms with Crippen molar-refractivity contribution in [3.63, 3.8) is 0 Å². The Balaban J connectivity index is 1.76. The number of halogens is 5. The molecule has 252 valence electrons. The van der Waals surface area contributed by atoms with E-state index in [9.17, 15) is 4.39 Å². The Hall–Kier alpha value is -4.71. The summed E-state index contributed by atoms with van der Waals surface area (Å²) in [5.74, 6) is -2.22. The molecule has 2 N–H and O–H groups in total. The number of amides is 2. The Labute approximate surface area is 309 Å². The first-order chi connectivity index (χ1) is 24.1. The number of carbonyl (C=O) groups is 2. The normalized spacial score (nSPS) is 13.4. The van der Waals surface area contributed by atoms with E-state index in [0.717, 1.165) is 23.5 Å². The summed E-state index contributed by atoms with van der Waals surface area (Å²) in [4.78, 5) is 39.2. The van der Waals surface area contributed by atoms with Crippen molar-refractivity contribution < 1.29 is 23.5 Å². The van der Waals surface area contributed by atoms with Gasteiger partial charge in [-0.2, -0.15) is 0 Å². The molecule has 2 heterocycles. The van der Waals surface area contributed by atoms with Gasteiger partial charge in [-0.25, -0.2) is 14.4 Å². The third-order valence-corrected chi connectivity index (χ3v) is 9.37. The summed E-state index contributed by atoms with van der Waals surface area (Å²) in [6, 6.07) is 26.4. The highest BCUT2D eigenvalue weighted by Crippen LogP contribution is 2.50. The van der Waals surface area contributed by atoms with Crippen LogP contribution in [0, 0.1) is 5.82 Å². The van der Waals surface area contributed by atoms with Crippen molar-refractivity contribution in [1.29, 1.82) is 0 Å². The van der Waals surface area contributed by atoms with Gasteiger partial charge in [0.25, 0.3) is 23.0 Å². The van der Waals surface area contributed by atoms with Crippen molar-refractivity contribution in [2.24, 2.45) is 0 Å². The molecular formula is C36H23Cl4FN4O4S. The number of nitrogens with zero attached hydrogens (tertiary/aromatic N) is 2. The molecule has 0 fully saturated rings. The van der Waals surface area contributed by atoms with Crippen LogP contribution < -0.4 is 20.1 Å². The number of benzene rings is 4. The number of carbonyl (C=O) groups excluding carboxylic acids is 2. The quantitative estimate of drug-likeness (QED) is 0.136. The first kappa shape index (κ1) is 35.1. The third-order valence-electron chi connectivity index (χ3n) is 7.44. The summed E-state index contributed by atoms with van der Waals surface area (Å²) in [6.45, 7) is 0. The lowest BCUT2D eigenvalue weighted by molar-refractivity contribution is -0.172. The maximum Gasteiger partial charge on any atom is 0.280 e. The van der Waals surface area contributed by atoms with Crippen LogP contribution in [0.15, 0.2) is 127 Å². The van der Waals surface area contributed by atoms with E-state index in [0.29, 0.717) is 10.0 Å². The summed E-state index contributed by atoms with van der Waals surface area (Å²) < 4.78 is 27.9. The summed E-state index contributed by atoms with van der Waals surface area (Å²) >= 11 is 26.6. The van der Waals surface area contributed by atoms with Crippen molar-refractivity contribution in [2.45, 2.75) is 11.2 Å². The smallest absolute Gasteiger partial charge is 0.280 e. The molecular weight excluding hydrogens is 745 g/mol. The number of rotatable bonds is 11. The van der Waals surface area contributed by atoms with Gasteiger partial charge < -0.3 is 14.8 Å². The maximum absolute atomic E-state index is 15.4. The van der Waals surface area contributed by atoms with E-state index < -0.39 is 28.8 Å². The van der Waals surface area contributed by atoms with E-state index in [2.05, 4.69) is 20.6 Å². The van der Waals surface area contributed by atoms with Crippen LogP contribution in [0.25, 0.3) is 0 Å². The highest BCUT2D eigenvalue weighted by atomic mass is 35.5. The molecule has 8 nitrogen and oxygen atoms in total. The minimum Gasteiger partial charge on any atom is -0.467 e. The lowest BCUT2D eigenvalue weighted by atomic mass is 9.71. The first-order valence-electron chi connectivity index (χ1n) is 14.6. The predicted molar refractivity (Wildman–Crippen MR) is 194 cm³/mol. The van der Waals surface area contributed by atoms with Gasteiger partial charge in [0.2, 0.25) is 0 Å². The largest absolute Gasteiger partial charge is 0.467 e.